The number of nitrogens with zero attached hydrogens (tertiary/aromatic N) is 1. The van der Waals surface area contributed by atoms with Gasteiger partial charge in [-0.05, 0) is 36.3 Å². The van der Waals surface area contributed by atoms with E-state index in [-0.39, 0.29) is 12.3 Å². The fourth-order valence-corrected chi connectivity index (χ4v) is 2.77. The number of rotatable bonds is 9. The molecule has 0 fully saturated rings. The second-order valence-electron chi connectivity index (χ2n) is 6.34. The summed E-state index contributed by atoms with van der Waals surface area (Å²) in [5.74, 6) is -0.836. The van der Waals surface area contributed by atoms with Gasteiger partial charge in [0.05, 0.1) is 5.56 Å². The normalized spacial score (nSPS) is 11.5. The molecule has 0 radical (unpaired) electrons. The highest BCUT2D eigenvalue weighted by molar-refractivity contribution is 5.77. The maximum Gasteiger partial charge on any atom is 0.419 e. The lowest BCUT2D eigenvalue weighted by molar-refractivity contribution is -0.139. The van der Waals surface area contributed by atoms with Gasteiger partial charge in [-0.15, -0.1) is 0 Å². The molecule has 0 bridgehead atoms. The third-order valence-corrected chi connectivity index (χ3v) is 4.33. The van der Waals surface area contributed by atoms with Gasteiger partial charge in [0, 0.05) is 13.1 Å². The lowest BCUT2D eigenvalue weighted by Crippen LogP contribution is -2.29. The van der Waals surface area contributed by atoms with Gasteiger partial charge in [-0.1, -0.05) is 50.2 Å². The SMILES string of the molecule is CCN(CC)Cc1cccc(CNC(=O)COc2ccccc2C(F)(F)F)c1. The lowest BCUT2D eigenvalue weighted by Gasteiger charge is -2.18. The average Bonchev–Trinajstić information content (AvgIpc) is 2.68. The highest BCUT2D eigenvalue weighted by Gasteiger charge is 2.34. The van der Waals surface area contributed by atoms with Crippen LogP contribution in [-0.2, 0) is 24.1 Å². The van der Waals surface area contributed by atoms with Gasteiger partial charge in [0.15, 0.2) is 6.61 Å². The molecule has 1 amide bonds. The van der Waals surface area contributed by atoms with E-state index >= 15 is 0 Å². The number of ether oxygens (including phenoxy) is 1. The largest absolute Gasteiger partial charge is 0.483 e. The van der Waals surface area contributed by atoms with E-state index in [4.69, 9.17) is 4.74 Å². The van der Waals surface area contributed by atoms with Crippen molar-refractivity contribution in [2.45, 2.75) is 33.1 Å². The molecule has 2 aromatic carbocycles. The van der Waals surface area contributed by atoms with E-state index in [0.717, 1.165) is 36.8 Å². The van der Waals surface area contributed by atoms with Crippen LogP contribution in [0.5, 0.6) is 5.75 Å². The van der Waals surface area contributed by atoms with Crippen molar-refractivity contribution in [1.29, 1.82) is 0 Å². The van der Waals surface area contributed by atoms with Crippen molar-refractivity contribution in [3.05, 3.63) is 65.2 Å². The summed E-state index contributed by atoms with van der Waals surface area (Å²) in [6, 6.07) is 12.7. The topological polar surface area (TPSA) is 41.6 Å². The smallest absolute Gasteiger partial charge is 0.419 e. The van der Waals surface area contributed by atoms with Crippen LogP contribution in [0.4, 0.5) is 13.2 Å². The predicted octanol–water partition coefficient (Wildman–Crippen LogP) is 4.24. The summed E-state index contributed by atoms with van der Waals surface area (Å²) >= 11 is 0. The van der Waals surface area contributed by atoms with Gasteiger partial charge < -0.3 is 10.1 Å². The molecule has 0 aliphatic carbocycles. The lowest BCUT2D eigenvalue weighted by atomic mass is 10.1. The van der Waals surface area contributed by atoms with E-state index < -0.39 is 24.3 Å². The predicted molar refractivity (Wildman–Crippen MR) is 102 cm³/mol. The molecule has 0 saturated heterocycles. The van der Waals surface area contributed by atoms with Crippen molar-refractivity contribution in [3.8, 4) is 5.75 Å². The van der Waals surface area contributed by atoms with E-state index in [9.17, 15) is 18.0 Å². The van der Waals surface area contributed by atoms with Gasteiger partial charge in [0.25, 0.3) is 5.91 Å². The Morgan fingerprint density at radius 2 is 1.71 bits per heavy atom. The van der Waals surface area contributed by atoms with Crippen molar-refractivity contribution < 1.29 is 22.7 Å². The minimum Gasteiger partial charge on any atom is -0.483 e. The van der Waals surface area contributed by atoms with Gasteiger partial charge >= 0.3 is 6.18 Å². The molecule has 0 unspecified atom stereocenters. The Morgan fingerprint density at radius 1 is 1.04 bits per heavy atom. The number of para-hydroxylation sites is 1. The van der Waals surface area contributed by atoms with Gasteiger partial charge in [-0.2, -0.15) is 13.2 Å². The van der Waals surface area contributed by atoms with Gasteiger partial charge in [0.1, 0.15) is 5.75 Å². The first-order valence-electron chi connectivity index (χ1n) is 9.19. The number of hydrogen-bond acceptors (Lipinski definition) is 3. The number of nitrogens with one attached hydrogen (secondary N) is 1. The molecule has 0 aromatic heterocycles. The van der Waals surface area contributed by atoms with E-state index in [0.29, 0.717) is 0 Å². The van der Waals surface area contributed by atoms with Crippen molar-refractivity contribution >= 4 is 5.91 Å². The molecule has 0 aliphatic rings. The molecule has 4 nitrogen and oxygen atoms in total. The third-order valence-electron chi connectivity index (χ3n) is 4.33. The molecule has 0 atom stereocenters. The first-order valence-corrected chi connectivity index (χ1v) is 9.19. The monoisotopic (exact) mass is 394 g/mol. The maximum absolute atomic E-state index is 12.9. The van der Waals surface area contributed by atoms with Crippen LogP contribution in [0.1, 0.15) is 30.5 Å². The van der Waals surface area contributed by atoms with Crippen molar-refractivity contribution in [3.63, 3.8) is 0 Å². The molecule has 28 heavy (non-hydrogen) atoms. The van der Waals surface area contributed by atoms with Crippen LogP contribution in [0.25, 0.3) is 0 Å². The Kier molecular flexibility index (Phi) is 7.87. The molecule has 0 aliphatic heterocycles. The summed E-state index contributed by atoms with van der Waals surface area (Å²) < 4.78 is 43.9. The molecular weight excluding hydrogens is 369 g/mol. The van der Waals surface area contributed by atoms with E-state index in [1.54, 1.807) is 0 Å². The number of alkyl halides is 3. The van der Waals surface area contributed by atoms with Crippen molar-refractivity contribution in [2.24, 2.45) is 0 Å². The second kappa shape index (κ2) is 10.1. The van der Waals surface area contributed by atoms with Gasteiger partial charge in [-0.25, -0.2) is 0 Å². The average molecular weight is 394 g/mol. The minimum absolute atomic E-state index is 0.287. The van der Waals surface area contributed by atoms with Crippen LogP contribution in [0, 0.1) is 0 Å². The Labute approximate surface area is 163 Å². The van der Waals surface area contributed by atoms with Crippen LogP contribution in [0.3, 0.4) is 0 Å². The van der Waals surface area contributed by atoms with Crippen molar-refractivity contribution in [2.75, 3.05) is 19.7 Å². The highest BCUT2D eigenvalue weighted by atomic mass is 19.4. The van der Waals surface area contributed by atoms with Crippen molar-refractivity contribution in [1.82, 2.24) is 10.2 Å². The third kappa shape index (κ3) is 6.56. The van der Waals surface area contributed by atoms with Gasteiger partial charge in [-0.3, -0.25) is 9.69 Å². The first kappa shape index (κ1) is 21.8. The summed E-state index contributed by atoms with van der Waals surface area (Å²) in [6.07, 6.45) is -4.53. The van der Waals surface area contributed by atoms with Crippen LogP contribution in [0.15, 0.2) is 48.5 Å². The second-order valence-corrected chi connectivity index (χ2v) is 6.34. The summed E-state index contributed by atoms with van der Waals surface area (Å²) in [6.45, 7) is 6.74. The Bertz CT molecular complexity index is 774. The summed E-state index contributed by atoms with van der Waals surface area (Å²) in [4.78, 5) is 14.3. The Morgan fingerprint density at radius 3 is 2.39 bits per heavy atom. The summed E-state index contributed by atoms with van der Waals surface area (Å²) in [5.41, 5.74) is 1.17. The summed E-state index contributed by atoms with van der Waals surface area (Å²) in [7, 11) is 0. The molecule has 0 saturated carbocycles. The fourth-order valence-electron chi connectivity index (χ4n) is 2.77. The molecule has 0 spiro atoms. The molecule has 152 valence electrons. The Balaban J connectivity index is 1.88. The van der Waals surface area contributed by atoms with Gasteiger partial charge in [0.2, 0.25) is 0 Å². The molecule has 1 N–H and O–H groups in total. The van der Waals surface area contributed by atoms with E-state index in [2.05, 4.69) is 24.1 Å². The standard InChI is InChI=1S/C21H25F3N2O2/c1-3-26(4-2)14-17-9-7-8-16(12-17)13-25-20(27)15-28-19-11-6-5-10-18(19)21(22,23)24/h5-12H,3-4,13-15H2,1-2H3,(H,25,27). The number of carbonyl (C=O) groups excluding carboxylic acids is 1. The molecule has 7 heteroatoms. The Hall–Kier alpha value is -2.54. The minimum atomic E-state index is -4.53. The maximum atomic E-state index is 12.9. The molecule has 0 heterocycles. The van der Waals surface area contributed by atoms with Crippen LogP contribution in [-0.4, -0.2) is 30.5 Å². The van der Waals surface area contributed by atoms with Crippen LogP contribution >= 0.6 is 0 Å². The zero-order chi connectivity index (χ0) is 20.6. The number of amides is 1. The number of halogens is 3. The van der Waals surface area contributed by atoms with Crippen LogP contribution in [0.2, 0.25) is 0 Å². The molecule has 2 rings (SSSR count). The molecular formula is C21H25F3N2O2. The number of hydrogen-bond donors (Lipinski definition) is 1. The number of benzene rings is 2. The first-order chi connectivity index (χ1) is 13.3. The number of carbonyl (C=O) groups is 1. The zero-order valence-electron chi connectivity index (χ0n) is 16.1. The van der Waals surface area contributed by atoms with Crippen LogP contribution < -0.4 is 10.1 Å². The summed E-state index contributed by atoms with van der Waals surface area (Å²) in [5, 5.41) is 2.68. The highest BCUT2D eigenvalue weighted by Crippen LogP contribution is 2.35. The van der Waals surface area contributed by atoms with E-state index in [1.165, 1.54) is 18.2 Å². The van der Waals surface area contributed by atoms with E-state index in [1.807, 2.05) is 24.3 Å². The zero-order valence-corrected chi connectivity index (χ0v) is 16.1. The fraction of sp³-hybridized carbons (Fsp3) is 0.381. The quantitative estimate of drug-likeness (QED) is 0.692. The molecule has 2 aromatic rings.